The number of halogens is 2. The van der Waals surface area contributed by atoms with Crippen molar-refractivity contribution >= 4 is 11.6 Å². The second kappa shape index (κ2) is 7.77. The molecule has 0 amide bonds. The minimum absolute atomic E-state index is 0.0789. The van der Waals surface area contributed by atoms with Crippen LogP contribution in [-0.2, 0) is 0 Å². The van der Waals surface area contributed by atoms with Crippen molar-refractivity contribution in [3.63, 3.8) is 0 Å². The molecule has 0 spiro atoms. The van der Waals surface area contributed by atoms with E-state index in [1.807, 2.05) is 0 Å². The molecule has 1 fully saturated rings. The number of hydrogen-bond donors (Lipinski definition) is 1. The molecule has 3 unspecified atom stereocenters. The lowest BCUT2D eigenvalue weighted by Crippen LogP contribution is -2.31. The maximum atomic E-state index is 14.1. The molecule has 0 saturated carbocycles. The molecule has 116 valence electrons. The van der Waals surface area contributed by atoms with E-state index in [0.29, 0.717) is 12.1 Å². The maximum absolute atomic E-state index is 14.1. The molecule has 1 heterocycles. The highest BCUT2D eigenvalue weighted by molar-refractivity contribution is 6.19. The predicted octanol–water partition coefficient (Wildman–Crippen LogP) is 4.35. The Bertz CT molecular complexity index is 468. The van der Waals surface area contributed by atoms with Gasteiger partial charge < -0.3 is 5.32 Å². The first-order chi connectivity index (χ1) is 9.84. The Balaban J connectivity index is 3.04. The van der Waals surface area contributed by atoms with Gasteiger partial charge in [0.15, 0.2) is 0 Å². The van der Waals surface area contributed by atoms with E-state index >= 15 is 0 Å². The zero-order valence-electron chi connectivity index (χ0n) is 13.0. The van der Waals surface area contributed by atoms with Crippen LogP contribution in [0.5, 0.6) is 0 Å². The van der Waals surface area contributed by atoms with Crippen molar-refractivity contribution in [2.45, 2.75) is 33.2 Å². The van der Waals surface area contributed by atoms with Crippen molar-refractivity contribution in [3.8, 4) is 6.07 Å². The summed E-state index contributed by atoms with van der Waals surface area (Å²) in [5, 5.41) is 12.9. The van der Waals surface area contributed by atoms with Gasteiger partial charge in [-0.15, -0.1) is 11.6 Å². The summed E-state index contributed by atoms with van der Waals surface area (Å²) < 4.78 is 14.1. The molecule has 1 aliphatic heterocycles. The summed E-state index contributed by atoms with van der Waals surface area (Å²) in [6, 6.07) is 2.44. The van der Waals surface area contributed by atoms with Gasteiger partial charge in [-0.25, -0.2) is 4.39 Å². The van der Waals surface area contributed by atoms with E-state index in [0.717, 1.165) is 6.42 Å². The van der Waals surface area contributed by atoms with Crippen molar-refractivity contribution in [1.82, 2.24) is 5.32 Å². The molecule has 0 aliphatic carbocycles. The Labute approximate surface area is 132 Å². The van der Waals surface area contributed by atoms with E-state index in [1.165, 1.54) is 0 Å². The Morgan fingerprint density at radius 2 is 2.19 bits per heavy atom. The monoisotopic (exact) mass is 310 g/mol. The van der Waals surface area contributed by atoms with Crippen molar-refractivity contribution in [2.75, 3.05) is 12.4 Å². The lowest BCUT2D eigenvalue weighted by atomic mass is 9.79. The Morgan fingerprint density at radius 1 is 1.52 bits per heavy atom. The molecule has 0 aromatic carbocycles. The van der Waals surface area contributed by atoms with Crippen LogP contribution in [0.4, 0.5) is 4.39 Å². The number of allylic oxidation sites excluding steroid dienone is 4. The largest absolute Gasteiger partial charge is 0.312 e. The molecule has 1 saturated heterocycles. The van der Waals surface area contributed by atoms with Crippen LogP contribution in [0.15, 0.2) is 36.2 Å². The fraction of sp³-hybridized carbons (Fsp3) is 0.588. The smallest absolute Gasteiger partial charge is 0.118 e. The lowest BCUT2D eigenvalue weighted by Gasteiger charge is -2.26. The van der Waals surface area contributed by atoms with Crippen LogP contribution in [0.3, 0.4) is 0 Å². The fourth-order valence-corrected chi connectivity index (χ4v) is 2.97. The van der Waals surface area contributed by atoms with Crippen LogP contribution in [0.1, 0.15) is 27.2 Å². The maximum Gasteiger partial charge on any atom is 0.118 e. The Hall–Kier alpha value is -1.11. The van der Waals surface area contributed by atoms with Gasteiger partial charge in [0.05, 0.1) is 17.9 Å². The molecule has 2 nitrogen and oxygen atoms in total. The van der Waals surface area contributed by atoms with E-state index in [9.17, 15) is 9.65 Å². The van der Waals surface area contributed by atoms with E-state index in [2.05, 4.69) is 38.7 Å². The number of alkyl halides is 1. The quantitative estimate of drug-likeness (QED) is 0.605. The Morgan fingerprint density at radius 3 is 2.67 bits per heavy atom. The number of nitrogens with one attached hydrogen (secondary N) is 1. The van der Waals surface area contributed by atoms with Crippen LogP contribution in [0.2, 0.25) is 0 Å². The van der Waals surface area contributed by atoms with Crippen LogP contribution in [-0.4, -0.2) is 18.5 Å². The topological polar surface area (TPSA) is 35.8 Å². The van der Waals surface area contributed by atoms with Gasteiger partial charge in [-0.05, 0) is 17.4 Å². The number of rotatable bonds is 5. The molecule has 21 heavy (non-hydrogen) atoms. The van der Waals surface area contributed by atoms with Gasteiger partial charge in [-0.3, -0.25) is 0 Å². The zero-order chi connectivity index (χ0) is 16.0. The minimum atomic E-state index is -0.363. The van der Waals surface area contributed by atoms with Gasteiger partial charge in [0, 0.05) is 18.5 Å². The summed E-state index contributed by atoms with van der Waals surface area (Å²) in [6.45, 7) is 10.6. The third kappa shape index (κ3) is 4.98. The molecule has 3 atom stereocenters. The van der Waals surface area contributed by atoms with Gasteiger partial charge >= 0.3 is 0 Å². The number of nitriles is 1. The summed E-state index contributed by atoms with van der Waals surface area (Å²) in [7, 11) is 0. The Kier molecular flexibility index (Phi) is 6.64. The second-order valence-electron chi connectivity index (χ2n) is 6.63. The highest BCUT2D eigenvalue weighted by atomic mass is 35.5. The summed E-state index contributed by atoms with van der Waals surface area (Å²) in [5.74, 6) is -0.951. The molecule has 1 N–H and O–H groups in total. The van der Waals surface area contributed by atoms with Crippen molar-refractivity contribution in [1.29, 1.82) is 5.26 Å². The molecule has 0 aromatic heterocycles. The van der Waals surface area contributed by atoms with Gasteiger partial charge in [-0.2, -0.15) is 5.26 Å². The third-order valence-corrected chi connectivity index (χ3v) is 3.92. The molecule has 0 radical (unpaired) electrons. The first-order valence-electron chi connectivity index (χ1n) is 7.20. The zero-order valence-corrected chi connectivity index (χ0v) is 13.8. The summed E-state index contributed by atoms with van der Waals surface area (Å²) in [6.07, 6.45) is 5.84. The van der Waals surface area contributed by atoms with Crippen LogP contribution < -0.4 is 5.32 Å². The van der Waals surface area contributed by atoms with Gasteiger partial charge in [0.25, 0.3) is 0 Å². The number of hydrogen-bond acceptors (Lipinski definition) is 2. The van der Waals surface area contributed by atoms with Crippen LogP contribution >= 0.6 is 11.6 Å². The van der Waals surface area contributed by atoms with E-state index in [-0.39, 0.29) is 35.0 Å². The van der Waals surface area contributed by atoms with Gasteiger partial charge in [0.1, 0.15) is 5.83 Å². The van der Waals surface area contributed by atoms with Crippen LogP contribution in [0.25, 0.3) is 0 Å². The van der Waals surface area contributed by atoms with E-state index in [1.54, 1.807) is 18.2 Å². The van der Waals surface area contributed by atoms with Crippen molar-refractivity contribution in [2.24, 2.45) is 17.3 Å². The third-order valence-electron chi connectivity index (χ3n) is 3.69. The van der Waals surface area contributed by atoms with Gasteiger partial charge in [0.2, 0.25) is 0 Å². The van der Waals surface area contributed by atoms with Crippen molar-refractivity contribution in [3.05, 3.63) is 36.2 Å². The standard InChI is InChI=1S/C17H24ClFN2/c1-5-6-7-12(15(19)9-18)14-11-21-16(13(14)10-20)8-17(2,3)4/h5-7,13-14,16,21H,1,8-9,11H2,2-4H3/b7-6-,15-12-. The summed E-state index contributed by atoms with van der Waals surface area (Å²) in [5.41, 5.74) is 0.633. The summed E-state index contributed by atoms with van der Waals surface area (Å²) in [4.78, 5) is 0. The fourth-order valence-electron chi connectivity index (χ4n) is 2.82. The highest BCUT2D eigenvalue weighted by Crippen LogP contribution is 2.36. The first-order valence-corrected chi connectivity index (χ1v) is 7.74. The molecular formula is C17H24ClFN2. The molecule has 0 bridgehead atoms. The van der Waals surface area contributed by atoms with Gasteiger partial charge in [-0.1, -0.05) is 45.6 Å². The highest BCUT2D eigenvalue weighted by Gasteiger charge is 2.39. The van der Waals surface area contributed by atoms with E-state index < -0.39 is 0 Å². The second-order valence-corrected chi connectivity index (χ2v) is 6.90. The SMILES string of the molecule is C=C/C=C\C(=C(\F)CCl)C1CNC(CC(C)(C)C)C1C#N. The molecular weight excluding hydrogens is 287 g/mol. The summed E-state index contributed by atoms with van der Waals surface area (Å²) >= 11 is 5.64. The average molecular weight is 311 g/mol. The minimum Gasteiger partial charge on any atom is -0.312 e. The normalized spacial score (nSPS) is 27.5. The molecule has 1 aliphatic rings. The van der Waals surface area contributed by atoms with Crippen LogP contribution in [0, 0.1) is 28.6 Å². The molecule has 4 heteroatoms. The predicted molar refractivity (Wildman–Crippen MR) is 86.6 cm³/mol. The molecule has 0 aromatic rings. The first kappa shape index (κ1) is 17.9. The lowest BCUT2D eigenvalue weighted by molar-refractivity contribution is 0.301. The number of nitrogens with zero attached hydrogens (tertiary/aromatic N) is 1. The molecule has 1 rings (SSSR count). The van der Waals surface area contributed by atoms with Crippen molar-refractivity contribution < 1.29 is 4.39 Å². The average Bonchev–Trinajstić information content (AvgIpc) is 2.79. The van der Waals surface area contributed by atoms with E-state index in [4.69, 9.17) is 11.6 Å².